The Labute approximate surface area is 87.4 Å². The Morgan fingerprint density at radius 2 is 1.93 bits per heavy atom. The van der Waals surface area contributed by atoms with E-state index >= 15 is 0 Å². The number of rotatable bonds is 4. The topological polar surface area (TPSA) is 0 Å². The third-order valence-electron chi connectivity index (χ3n) is 2.59. The van der Waals surface area contributed by atoms with Crippen LogP contribution in [0.1, 0.15) is 36.0 Å². The van der Waals surface area contributed by atoms with E-state index in [1.165, 1.54) is 16.7 Å². The molecule has 1 rings (SSSR count). The van der Waals surface area contributed by atoms with Crippen LogP contribution in [0.15, 0.2) is 18.2 Å². The van der Waals surface area contributed by atoms with E-state index in [-0.39, 0.29) is 0 Å². The molecule has 0 aromatic heterocycles. The summed E-state index contributed by atoms with van der Waals surface area (Å²) < 4.78 is 0. The van der Waals surface area contributed by atoms with Gasteiger partial charge in [0.15, 0.2) is 0 Å². The fraction of sp³-hybridized carbons (Fsp3) is 0.429. The molecule has 0 aliphatic rings. The molecular weight excluding hydrogens is 168 g/mol. The van der Waals surface area contributed by atoms with Crippen LogP contribution in [0, 0.1) is 26.2 Å². The van der Waals surface area contributed by atoms with Gasteiger partial charge in [-0.1, -0.05) is 24.1 Å². The number of aryl methyl sites for hydroxylation is 3. The Kier molecular flexibility index (Phi) is 4.26. The summed E-state index contributed by atoms with van der Waals surface area (Å²) in [6, 6.07) is 6.66. The van der Waals surface area contributed by atoms with Crippen molar-refractivity contribution in [2.75, 3.05) is 0 Å². The Balaban J connectivity index is 2.44. The predicted molar refractivity (Wildman–Crippen MR) is 60.6 cm³/mol. The third kappa shape index (κ3) is 3.26. The summed E-state index contributed by atoms with van der Waals surface area (Å²) in [5, 5.41) is 0. The maximum Gasteiger partial charge on any atom is 0.00990 e. The highest BCUT2D eigenvalue weighted by Gasteiger charge is 1.96. The molecule has 14 heavy (non-hydrogen) atoms. The third-order valence-corrected chi connectivity index (χ3v) is 2.59. The molecule has 0 fully saturated rings. The van der Waals surface area contributed by atoms with Gasteiger partial charge in [0.1, 0.15) is 0 Å². The molecule has 0 nitrogen and oxygen atoms in total. The summed E-state index contributed by atoms with van der Waals surface area (Å²) in [7, 11) is 0. The molecular formula is C14H17. The predicted octanol–water partition coefficient (Wildman–Crippen LogP) is 3.61. The lowest BCUT2D eigenvalue weighted by Gasteiger charge is -2.04. The second kappa shape index (κ2) is 5.50. The van der Waals surface area contributed by atoms with Gasteiger partial charge in [-0.25, -0.2) is 0 Å². The zero-order valence-electron chi connectivity index (χ0n) is 9.06. The normalized spacial score (nSPS) is 9.79. The van der Waals surface area contributed by atoms with Crippen LogP contribution in [-0.4, -0.2) is 0 Å². The number of benzene rings is 1. The number of hydrogen-bond acceptors (Lipinski definition) is 0. The van der Waals surface area contributed by atoms with Crippen molar-refractivity contribution < 1.29 is 0 Å². The summed E-state index contributed by atoms with van der Waals surface area (Å²) in [5.74, 6) is 2.42. The minimum absolute atomic E-state index is 0.796. The molecule has 0 heterocycles. The second-order valence-corrected chi connectivity index (χ2v) is 3.80. The number of unbranched alkanes of at least 4 members (excludes halogenated alkanes) is 2. The van der Waals surface area contributed by atoms with Gasteiger partial charge in [0.2, 0.25) is 0 Å². The van der Waals surface area contributed by atoms with Gasteiger partial charge < -0.3 is 0 Å². The highest BCUT2D eigenvalue weighted by Crippen LogP contribution is 2.12. The molecule has 0 saturated carbocycles. The molecule has 0 atom stereocenters. The minimum Gasteiger partial charge on any atom is -0.0891 e. The summed E-state index contributed by atoms with van der Waals surface area (Å²) in [6.07, 6.45) is 11.0. The highest BCUT2D eigenvalue weighted by molar-refractivity contribution is 5.29. The average molecular weight is 185 g/mol. The van der Waals surface area contributed by atoms with Gasteiger partial charge in [-0.15, -0.1) is 0 Å². The largest absolute Gasteiger partial charge is 0.0891 e. The number of hydrogen-bond donors (Lipinski definition) is 0. The molecule has 0 N–H and O–H groups in total. The van der Waals surface area contributed by atoms with Gasteiger partial charge in [0.25, 0.3) is 0 Å². The first-order valence-electron chi connectivity index (χ1n) is 5.20. The van der Waals surface area contributed by atoms with Crippen molar-refractivity contribution in [1.29, 1.82) is 0 Å². The van der Waals surface area contributed by atoms with E-state index in [4.69, 9.17) is 6.42 Å². The lowest BCUT2D eigenvalue weighted by Crippen LogP contribution is -1.88. The van der Waals surface area contributed by atoms with Gasteiger partial charge >= 0.3 is 0 Å². The molecule has 1 aromatic carbocycles. The van der Waals surface area contributed by atoms with Gasteiger partial charge in [-0.2, -0.15) is 0 Å². The molecule has 0 spiro atoms. The first-order chi connectivity index (χ1) is 6.74. The Bertz CT molecular complexity index is 328. The first kappa shape index (κ1) is 10.9. The Morgan fingerprint density at radius 3 is 2.57 bits per heavy atom. The van der Waals surface area contributed by atoms with Crippen LogP contribution in [0.5, 0.6) is 0 Å². The quantitative estimate of drug-likeness (QED) is 0.496. The van der Waals surface area contributed by atoms with E-state index in [0.717, 1.165) is 25.7 Å². The summed E-state index contributed by atoms with van der Waals surface area (Å²) in [6.45, 7) is 4.30. The van der Waals surface area contributed by atoms with E-state index in [1.807, 2.05) is 0 Å². The van der Waals surface area contributed by atoms with Gasteiger partial charge in [0, 0.05) is 6.42 Å². The van der Waals surface area contributed by atoms with Crippen molar-refractivity contribution >= 4 is 0 Å². The molecule has 1 radical (unpaired) electrons. The highest BCUT2D eigenvalue weighted by atomic mass is 14.0. The first-order valence-corrected chi connectivity index (χ1v) is 5.20. The van der Waals surface area contributed by atoms with Crippen LogP contribution in [0.3, 0.4) is 0 Å². The fourth-order valence-electron chi connectivity index (χ4n) is 1.50. The van der Waals surface area contributed by atoms with Crippen LogP contribution in [0.25, 0.3) is 0 Å². The van der Waals surface area contributed by atoms with Crippen molar-refractivity contribution in [2.24, 2.45) is 0 Å². The molecule has 0 aliphatic heterocycles. The lowest BCUT2D eigenvalue weighted by molar-refractivity contribution is 0.756. The van der Waals surface area contributed by atoms with Gasteiger partial charge in [0.05, 0.1) is 0 Å². The molecule has 0 aliphatic carbocycles. The maximum absolute atomic E-state index is 6.80. The Hall–Kier alpha value is -1.22. The van der Waals surface area contributed by atoms with Crippen LogP contribution in [0.2, 0.25) is 0 Å². The molecule has 1 aromatic rings. The molecule has 0 amide bonds. The average Bonchev–Trinajstić information content (AvgIpc) is 2.18. The summed E-state index contributed by atoms with van der Waals surface area (Å²) in [4.78, 5) is 0. The monoisotopic (exact) mass is 185 g/mol. The molecule has 0 saturated heterocycles. The lowest BCUT2D eigenvalue weighted by atomic mass is 10.0. The fourth-order valence-corrected chi connectivity index (χ4v) is 1.50. The summed E-state index contributed by atoms with van der Waals surface area (Å²) in [5.41, 5.74) is 4.15. The van der Waals surface area contributed by atoms with Crippen LogP contribution < -0.4 is 0 Å². The minimum atomic E-state index is 0.796. The van der Waals surface area contributed by atoms with Crippen LogP contribution in [0.4, 0.5) is 0 Å². The Morgan fingerprint density at radius 1 is 1.14 bits per heavy atom. The smallest absolute Gasteiger partial charge is 0.00990 e. The van der Waals surface area contributed by atoms with Crippen molar-refractivity contribution in [3.63, 3.8) is 0 Å². The van der Waals surface area contributed by atoms with Crippen molar-refractivity contribution in [1.82, 2.24) is 0 Å². The van der Waals surface area contributed by atoms with Gasteiger partial charge in [-0.05, 0) is 56.2 Å². The van der Waals surface area contributed by atoms with E-state index < -0.39 is 0 Å². The van der Waals surface area contributed by atoms with E-state index in [0.29, 0.717) is 0 Å². The standard InChI is InChI=1S/C14H17/c1-4-5-6-7-8-14-10-9-12(2)13(3)11-14/h9-11H,5-8H2,2-3H3. The SMILES string of the molecule is [C]#CCCCCc1ccc(C)c(C)c1. The molecule has 0 bridgehead atoms. The maximum atomic E-state index is 6.80. The van der Waals surface area contributed by atoms with Crippen LogP contribution in [-0.2, 0) is 6.42 Å². The molecule has 73 valence electrons. The van der Waals surface area contributed by atoms with Crippen molar-refractivity contribution in [3.8, 4) is 5.92 Å². The van der Waals surface area contributed by atoms with E-state index in [2.05, 4.69) is 38.0 Å². The van der Waals surface area contributed by atoms with E-state index in [1.54, 1.807) is 0 Å². The second-order valence-electron chi connectivity index (χ2n) is 3.80. The summed E-state index contributed by atoms with van der Waals surface area (Å²) >= 11 is 0. The zero-order valence-corrected chi connectivity index (χ0v) is 9.06. The van der Waals surface area contributed by atoms with Crippen LogP contribution >= 0.6 is 0 Å². The van der Waals surface area contributed by atoms with Crippen molar-refractivity contribution in [2.45, 2.75) is 39.5 Å². The van der Waals surface area contributed by atoms with Gasteiger partial charge in [-0.3, -0.25) is 0 Å². The molecule has 0 heteroatoms. The zero-order chi connectivity index (χ0) is 10.4. The van der Waals surface area contributed by atoms with E-state index in [9.17, 15) is 0 Å². The van der Waals surface area contributed by atoms with Crippen molar-refractivity contribution in [3.05, 3.63) is 41.3 Å². The molecule has 0 unspecified atom stereocenters.